The molecular weight excluding hydrogens is 640 g/mol. The molecule has 0 amide bonds. The van der Waals surface area contributed by atoms with Gasteiger partial charge >= 0.3 is 0 Å². The van der Waals surface area contributed by atoms with Crippen LogP contribution >= 0.6 is 0 Å². The molecule has 7 unspecified atom stereocenters. The molecule has 7 atom stereocenters. The maximum atomic E-state index is 13.1. The van der Waals surface area contributed by atoms with Crippen LogP contribution in [0.1, 0.15) is 87.3 Å². The summed E-state index contributed by atoms with van der Waals surface area (Å²) in [4.78, 5) is 6.04. The minimum atomic E-state index is -1.80. The zero-order chi connectivity index (χ0) is 34.5. The van der Waals surface area contributed by atoms with Crippen molar-refractivity contribution in [1.82, 2.24) is 15.0 Å². The number of phenols is 1. The Morgan fingerprint density at radius 3 is 2.60 bits per heavy atom. The van der Waals surface area contributed by atoms with Gasteiger partial charge in [0.2, 0.25) is 18.0 Å². The summed E-state index contributed by atoms with van der Waals surface area (Å²) in [6.07, 6.45) is 10.8. The fourth-order valence-corrected chi connectivity index (χ4v) is 8.44. The third-order valence-corrected chi connectivity index (χ3v) is 10.7. The molecule has 2 fully saturated rings. The Morgan fingerprint density at radius 2 is 1.82 bits per heavy atom. The molecule has 50 heavy (non-hydrogen) atoms. The van der Waals surface area contributed by atoms with Crippen LogP contribution in [0.25, 0.3) is 0 Å². The van der Waals surface area contributed by atoms with Crippen molar-refractivity contribution >= 4 is 5.71 Å². The number of hydrogen-bond acceptors (Lipinski definition) is 11. The van der Waals surface area contributed by atoms with E-state index in [1.165, 1.54) is 6.20 Å². The fourth-order valence-electron chi connectivity index (χ4n) is 8.44. The van der Waals surface area contributed by atoms with E-state index in [4.69, 9.17) is 24.2 Å². The molecule has 4 N–H and O–H groups in total. The van der Waals surface area contributed by atoms with Crippen molar-refractivity contribution in [3.8, 4) is 17.4 Å². The summed E-state index contributed by atoms with van der Waals surface area (Å²) in [5.41, 5.74) is 3.32. The molecule has 1 saturated heterocycles. The second-order valence-corrected chi connectivity index (χ2v) is 13.9. The second kappa shape index (κ2) is 15.5. The Hall–Kier alpha value is -3.97. The SMILES string of the molecule is OCCCCC1C=C2C(=NOCc3ccccc3)CC(n3nncc3OC3CCCCO3)C3(O)Oc4ccc(O)cc4C(C1CCCCO)C23. The molecule has 12 heteroatoms. The summed E-state index contributed by atoms with van der Waals surface area (Å²) in [5, 5.41) is 56.7. The first-order chi connectivity index (χ1) is 24.5. The molecule has 3 heterocycles. The molecule has 0 radical (unpaired) electrons. The first-order valence-corrected chi connectivity index (χ1v) is 18.1. The lowest BCUT2D eigenvalue weighted by molar-refractivity contribution is -0.226. The number of fused-ring (bicyclic) bond motifs is 2. The normalized spacial score (nSPS) is 29.4. The highest BCUT2D eigenvalue weighted by atomic mass is 16.7. The lowest BCUT2D eigenvalue weighted by Crippen LogP contribution is -2.62. The van der Waals surface area contributed by atoms with Gasteiger partial charge in [-0.15, -0.1) is 5.10 Å². The van der Waals surface area contributed by atoms with Crippen LogP contribution in [-0.2, 0) is 16.2 Å². The Morgan fingerprint density at radius 1 is 1.00 bits per heavy atom. The van der Waals surface area contributed by atoms with E-state index in [1.54, 1.807) is 22.9 Å². The number of aromatic hydroxyl groups is 1. The zero-order valence-electron chi connectivity index (χ0n) is 28.3. The second-order valence-electron chi connectivity index (χ2n) is 13.9. The summed E-state index contributed by atoms with van der Waals surface area (Å²) >= 11 is 0. The minimum absolute atomic E-state index is 0.0392. The van der Waals surface area contributed by atoms with Crippen molar-refractivity contribution < 1.29 is 39.5 Å². The van der Waals surface area contributed by atoms with E-state index in [-0.39, 0.29) is 49.7 Å². The lowest BCUT2D eigenvalue weighted by atomic mass is 9.55. The number of aliphatic hydroxyl groups excluding tert-OH is 2. The Labute approximate surface area is 292 Å². The predicted octanol–water partition coefficient (Wildman–Crippen LogP) is 5.39. The highest BCUT2D eigenvalue weighted by Crippen LogP contribution is 2.62. The van der Waals surface area contributed by atoms with Gasteiger partial charge in [0.1, 0.15) is 30.3 Å². The first kappa shape index (κ1) is 34.5. The Bertz CT molecular complexity index is 1640. The average molecular weight is 689 g/mol. The quantitative estimate of drug-likeness (QED) is 0.128. The lowest BCUT2D eigenvalue weighted by Gasteiger charge is -2.56. The number of rotatable bonds is 14. The van der Waals surface area contributed by atoms with Crippen LogP contribution in [0.4, 0.5) is 0 Å². The van der Waals surface area contributed by atoms with Crippen molar-refractivity contribution in [2.75, 3.05) is 19.8 Å². The molecule has 1 saturated carbocycles. The number of nitrogens with zero attached hydrogens (tertiary/aromatic N) is 4. The number of unbranched alkanes of at least 4 members (excludes halogenated alkanes) is 2. The molecule has 4 aliphatic rings. The minimum Gasteiger partial charge on any atom is -0.508 e. The van der Waals surface area contributed by atoms with Gasteiger partial charge < -0.3 is 39.5 Å². The van der Waals surface area contributed by atoms with E-state index < -0.39 is 24.0 Å². The van der Waals surface area contributed by atoms with Gasteiger partial charge in [-0.1, -0.05) is 59.6 Å². The van der Waals surface area contributed by atoms with Crippen molar-refractivity contribution in [2.24, 2.45) is 22.9 Å². The molecule has 268 valence electrons. The van der Waals surface area contributed by atoms with Gasteiger partial charge in [0, 0.05) is 37.5 Å². The molecule has 7 rings (SSSR count). The number of ether oxygens (including phenoxy) is 3. The van der Waals surface area contributed by atoms with Gasteiger partial charge in [0.25, 0.3) is 0 Å². The van der Waals surface area contributed by atoms with E-state index in [0.717, 1.165) is 61.6 Å². The molecule has 2 aromatic carbocycles. The summed E-state index contributed by atoms with van der Waals surface area (Å²) in [6.45, 7) is 1.09. The van der Waals surface area contributed by atoms with Crippen molar-refractivity contribution in [3.05, 3.63) is 77.5 Å². The van der Waals surface area contributed by atoms with Gasteiger partial charge in [0.15, 0.2) is 0 Å². The molecule has 12 nitrogen and oxygen atoms in total. The Balaban J connectivity index is 1.35. The molecule has 2 aliphatic heterocycles. The Kier molecular flexibility index (Phi) is 10.7. The van der Waals surface area contributed by atoms with Gasteiger partial charge in [-0.2, -0.15) is 0 Å². The summed E-state index contributed by atoms with van der Waals surface area (Å²) < 4.78 is 20.5. The van der Waals surface area contributed by atoms with Gasteiger partial charge in [-0.3, -0.25) is 0 Å². The van der Waals surface area contributed by atoms with Crippen LogP contribution in [0.3, 0.4) is 0 Å². The molecule has 3 aromatic rings. The highest BCUT2D eigenvalue weighted by Gasteiger charge is 2.63. The summed E-state index contributed by atoms with van der Waals surface area (Å²) in [6, 6.07) is 14.1. The topological polar surface area (TPSA) is 161 Å². The van der Waals surface area contributed by atoms with E-state index in [2.05, 4.69) is 16.4 Å². The number of benzene rings is 2. The van der Waals surface area contributed by atoms with Crippen molar-refractivity contribution in [3.63, 3.8) is 0 Å². The van der Waals surface area contributed by atoms with E-state index in [0.29, 0.717) is 36.8 Å². The first-order valence-electron chi connectivity index (χ1n) is 18.1. The third kappa shape index (κ3) is 6.99. The van der Waals surface area contributed by atoms with Crippen molar-refractivity contribution in [2.45, 2.75) is 94.9 Å². The summed E-state index contributed by atoms with van der Waals surface area (Å²) in [7, 11) is 0. The maximum absolute atomic E-state index is 13.1. The van der Waals surface area contributed by atoms with E-state index in [1.807, 2.05) is 30.3 Å². The molecular formula is C38H48N4O8. The molecule has 0 spiro atoms. The van der Waals surface area contributed by atoms with Crippen molar-refractivity contribution in [1.29, 1.82) is 0 Å². The average Bonchev–Trinajstić information content (AvgIpc) is 3.58. The molecule has 0 bridgehead atoms. The number of hydrogen-bond donors (Lipinski definition) is 4. The van der Waals surface area contributed by atoms with Gasteiger partial charge in [-0.05, 0) is 79.7 Å². The van der Waals surface area contributed by atoms with Crippen LogP contribution in [0.2, 0.25) is 0 Å². The number of allylic oxidation sites excluding steroid dienone is 1. The monoisotopic (exact) mass is 688 g/mol. The molecule has 1 aromatic heterocycles. The predicted molar refractivity (Wildman–Crippen MR) is 183 cm³/mol. The number of oxime groups is 1. The molecule has 2 aliphatic carbocycles. The highest BCUT2D eigenvalue weighted by molar-refractivity contribution is 6.02. The van der Waals surface area contributed by atoms with Gasteiger partial charge in [0.05, 0.1) is 18.2 Å². The van der Waals surface area contributed by atoms with E-state index in [9.17, 15) is 20.4 Å². The van der Waals surface area contributed by atoms with E-state index >= 15 is 0 Å². The summed E-state index contributed by atoms with van der Waals surface area (Å²) in [5.74, 6) is -1.58. The number of phenolic OH excluding ortho intramolecular Hbond substituents is 1. The van der Waals surface area contributed by atoms with Crippen LogP contribution in [0, 0.1) is 17.8 Å². The van der Waals surface area contributed by atoms with Crippen LogP contribution in [0.5, 0.6) is 17.4 Å². The van der Waals surface area contributed by atoms with Crippen LogP contribution in [-0.4, -0.2) is 73.0 Å². The largest absolute Gasteiger partial charge is 0.508 e. The van der Waals surface area contributed by atoms with Crippen LogP contribution < -0.4 is 9.47 Å². The number of aliphatic hydroxyl groups is 3. The maximum Gasteiger partial charge on any atom is 0.238 e. The van der Waals surface area contributed by atoms with Gasteiger partial charge in [-0.25, -0.2) is 4.68 Å². The smallest absolute Gasteiger partial charge is 0.238 e. The zero-order valence-corrected chi connectivity index (χ0v) is 28.3. The standard InChI is InChI=1S/C38H48N4O8/c43-17-7-4-12-26-20-29-31(40-48-24-25-10-2-1-3-11-25)22-33(42-34(23-39-41-42)49-35-14-6-9-19-47-35)38(46)37(29)36(28(26)13-5-8-18-44)30-21-27(45)15-16-32(30)50-38/h1-3,10-11,15-16,20-21,23,26,28,33,35-37,43-46H,4-9,12-14,17-19,22,24H2. The third-order valence-electron chi connectivity index (χ3n) is 10.7. The number of aromatic nitrogens is 3. The fraction of sp³-hybridized carbons (Fsp3) is 0.553. The van der Waals surface area contributed by atoms with Crippen LogP contribution in [0.15, 0.2) is 71.5 Å².